The van der Waals surface area contributed by atoms with Crippen LogP contribution in [-0.4, -0.2) is 12.8 Å². The maximum Gasteiger partial charge on any atom is 0.175 e. The average molecular weight is 508 g/mol. The van der Waals surface area contributed by atoms with Gasteiger partial charge in [-0.25, -0.2) is 0 Å². The van der Waals surface area contributed by atoms with Crippen molar-refractivity contribution in [3.63, 3.8) is 0 Å². The minimum atomic E-state index is 0.381. The molecule has 0 bridgehead atoms. The molecule has 0 aromatic heterocycles. The summed E-state index contributed by atoms with van der Waals surface area (Å²) < 4.78 is 12.6. The third-order valence-corrected chi connectivity index (χ3v) is 5.33. The van der Waals surface area contributed by atoms with Crippen molar-refractivity contribution in [1.29, 1.82) is 0 Å². The number of nitrogens with zero attached hydrogens (tertiary/aromatic N) is 1. The van der Waals surface area contributed by atoms with Gasteiger partial charge in [-0.05, 0) is 69.9 Å². The molecule has 0 saturated heterocycles. The minimum absolute atomic E-state index is 0.381. The van der Waals surface area contributed by atoms with Crippen molar-refractivity contribution in [2.24, 2.45) is 5.10 Å². The minimum Gasteiger partial charge on any atom is -0.490 e. The lowest BCUT2D eigenvalue weighted by atomic mass is 10.2. The number of hydrogen-bond donors (Lipinski definition) is 1. The highest BCUT2D eigenvalue weighted by molar-refractivity contribution is 9.10. The first-order valence-electron chi connectivity index (χ1n) is 9.39. The van der Waals surface area contributed by atoms with Crippen LogP contribution in [0, 0.1) is 0 Å². The SMILES string of the molecule is CCOc1cc(/C=N\NCc2ccccc2Cl)cc(Br)c1OCc1cccc(Cl)c1. The number of rotatable bonds is 9. The molecule has 3 aromatic carbocycles. The largest absolute Gasteiger partial charge is 0.490 e. The fourth-order valence-electron chi connectivity index (χ4n) is 2.74. The van der Waals surface area contributed by atoms with Crippen molar-refractivity contribution in [1.82, 2.24) is 5.43 Å². The molecule has 3 aromatic rings. The summed E-state index contributed by atoms with van der Waals surface area (Å²) in [6.07, 6.45) is 1.73. The molecular weight excluding hydrogens is 487 g/mol. The van der Waals surface area contributed by atoms with E-state index in [1.165, 1.54) is 0 Å². The molecule has 0 amide bonds. The molecule has 0 atom stereocenters. The van der Waals surface area contributed by atoms with Gasteiger partial charge in [-0.15, -0.1) is 0 Å². The Hall–Kier alpha value is -2.21. The van der Waals surface area contributed by atoms with Crippen LogP contribution in [0.3, 0.4) is 0 Å². The molecule has 0 fully saturated rings. The van der Waals surface area contributed by atoms with Crippen LogP contribution in [0.5, 0.6) is 11.5 Å². The number of ether oxygens (including phenoxy) is 2. The highest BCUT2D eigenvalue weighted by Gasteiger charge is 2.12. The molecule has 0 aliphatic carbocycles. The molecular formula is C23H21BrCl2N2O2. The molecule has 0 aliphatic rings. The first-order chi connectivity index (χ1) is 14.6. The number of hydrazone groups is 1. The van der Waals surface area contributed by atoms with E-state index in [2.05, 4.69) is 26.5 Å². The summed E-state index contributed by atoms with van der Waals surface area (Å²) >= 11 is 15.8. The van der Waals surface area contributed by atoms with E-state index in [0.717, 1.165) is 21.2 Å². The van der Waals surface area contributed by atoms with Crippen LogP contribution in [0.15, 0.2) is 70.2 Å². The molecule has 30 heavy (non-hydrogen) atoms. The van der Waals surface area contributed by atoms with Gasteiger partial charge in [0.1, 0.15) is 6.61 Å². The first kappa shape index (κ1) is 22.5. The highest BCUT2D eigenvalue weighted by Crippen LogP contribution is 2.37. The van der Waals surface area contributed by atoms with Crippen molar-refractivity contribution in [2.75, 3.05) is 6.61 Å². The number of halogens is 3. The standard InChI is InChI=1S/C23H21BrCl2N2O2/c1-2-29-22-12-17(13-27-28-14-18-7-3-4-9-21(18)26)11-20(24)23(22)30-15-16-6-5-8-19(25)10-16/h3-13,28H,2,14-15H2,1H3/b27-13-. The van der Waals surface area contributed by atoms with Crippen molar-refractivity contribution < 1.29 is 9.47 Å². The Bertz CT molecular complexity index is 1030. The zero-order valence-corrected chi connectivity index (χ0v) is 19.5. The Morgan fingerprint density at radius 3 is 2.63 bits per heavy atom. The Balaban J connectivity index is 1.69. The second kappa shape index (κ2) is 11.3. The van der Waals surface area contributed by atoms with E-state index in [0.29, 0.717) is 41.3 Å². The highest BCUT2D eigenvalue weighted by atomic mass is 79.9. The molecule has 156 valence electrons. The Morgan fingerprint density at radius 2 is 1.87 bits per heavy atom. The van der Waals surface area contributed by atoms with Gasteiger partial charge in [0.25, 0.3) is 0 Å². The Labute approximate surface area is 194 Å². The normalized spacial score (nSPS) is 10.9. The molecule has 0 radical (unpaired) electrons. The average Bonchev–Trinajstić information content (AvgIpc) is 2.72. The molecule has 0 spiro atoms. The predicted molar refractivity (Wildman–Crippen MR) is 127 cm³/mol. The third kappa shape index (κ3) is 6.39. The van der Waals surface area contributed by atoms with Crippen molar-refractivity contribution in [2.45, 2.75) is 20.1 Å². The quantitative estimate of drug-likeness (QED) is 0.254. The maximum atomic E-state index is 6.16. The van der Waals surface area contributed by atoms with Gasteiger partial charge in [-0.2, -0.15) is 5.10 Å². The van der Waals surface area contributed by atoms with Gasteiger partial charge in [-0.1, -0.05) is 53.5 Å². The van der Waals surface area contributed by atoms with Crippen LogP contribution in [0.1, 0.15) is 23.6 Å². The molecule has 4 nitrogen and oxygen atoms in total. The van der Waals surface area contributed by atoms with Crippen LogP contribution < -0.4 is 14.9 Å². The van der Waals surface area contributed by atoms with Gasteiger partial charge < -0.3 is 14.9 Å². The lowest BCUT2D eigenvalue weighted by molar-refractivity contribution is 0.267. The van der Waals surface area contributed by atoms with E-state index >= 15 is 0 Å². The van der Waals surface area contributed by atoms with E-state index in [4.69, 9.17) is 32.7 Å². The summed E-state index contributed by atoms with van der Waals surface area (Å²) in [4.78, 5) is 0. The lowest BCUT2D eigenvalue weighted by Crippen LogP contribution is -2.06. The second-order valence-electron chi connectivity index (χ2n) is 6.37. The van der Waals surface area contributed by atoms with E-state index in [1.807, 2.05) is 67.6 Å². The maximum absolute atomic E-state index is 6.16. The number of nitrogens with one attached hydrogen (secondary N) is 1. The third-order valence-electron chi connectivity index (χ3n) is 4.14. The molecule has 0 saturated carbocycles. The van der Waals surface area contributed by atoms with Crippen molar-refractivity contribution in [3.8, 4) is 11.5 Å². The van der Waals surface area contributed by atoms with Gasteiger partial charge in [0.05, 0.1) is 23.8 Å². The van der Waals surface area contributed by atoms with Gasteiger partial charge in [0.15, 0.2) is 11.5 Å². The van der Waals surface area contributed by atoms with Crippen LogP contribution in [-0.2, 0) is 13.2 Å². The van der Waals surface area contributed by atoms with Crippen molar-refractivity contribution >= 4 is 45.3 Å². The van der Waals surface area contributed by atoms with Gasteiger partial charge in [-0.3, -0.25) is 0 Å². The molecule has 0 aliphatic heterocycles. The predicted octanol–water partition coefficient (Wildman–Crippen LogP) is 6.86. The zero-order valence-electron chi connectivity index (χ0n) is 16.4. The Kier molecular flexibility index (Phi) is 8.43. The fraction of sp³-hybridized carbons (Fsp3) is 0.174. The van der Waals surface area contributed by atoms with Crippen molar-refractivity contribution in [3.05, 3.63) is 91.9 Å². The van der Waals surface area contributed by atoms with E-state index in [-0.39, 0.29) is 0 Å². The smallest absolute Gasteiger partial charge is 0.175 e. The summed E-state index contributed by atoms with van der Waals surface area (Å²) in [5.41, 5.74) is 5.84. The van der Waals surface area contributed by atoms with Crippen LogP contribution in [0.25, 0.3) is 0 Å². The second-order valence-corrected chi connectivity index (χ2v) is 8.06. The van der Waals surface area contributed by atoms with E-state index in [1.54, 1.807) is 6.21 Å². The number of benzene rings is 3. The summed E-state index contributed by atoms with van der Waals surface area (Å²) in [6, 6.07) is 19.1. The summed E-state index contributed by atoms with van der Waals surface area (Å²) in [7, 11) is 0. The Morgan fingerprint density at radius 1 is 1.03 bits per heavy atom. The molecule has 7 heteroatoms. The van der Waals surface area contributed by atoms with Crippen LogP contribution in [0.2, 0.25) is 10.0 Å². The zero-order chi connectivity index (χ0) is 21.3. The van der Waals surface area contributed by atoms with Gasteiger partial charge >= 0.3 is 0 Å². The number of hydrogen-bond acceptors (Lipinski definition) is 4. The van der Waals surface area contributed by atoms with Gasteiger partial charge in [0.2, 0.25) is 0 Å². The van der Waals surface area contributed by atoms with Crippen LogP contribution >= 0.6 is 39.1 Å². The lowest BCUT2D eigenvalue weighted by Gasteiger charge is -2.15. The van der Waals surface area contributed by atoms with Crippen LogP contribution in [0.4, 0.5) is 0 Å². The molecule has 0 unspecified atom stereocenters. The first-order valence-corrected chi connectivity index (χ1v) is 10.9. The van der Waals surface area contributed by atoms with E-state index in [9.17, 15) is 0 Å². The molecule has 3 rings (SSSR count). The van der Waals surface area contributed by atoms with E-state index < -0.39 is 0 Å². The summed E-state index contributed by atoms with van der Waals surface area (Å²) in [5.74, 6) is 1.28. The summed E-state index contributed by atoms with van der Waals surface area (Å²) in [5, 5.41) is 5.68. The molecule has 0 heterocycles. The van der Waals surface area contributed by atoms with Gasteiger partial charge in [0, 0.05) is 10.0 Å². The summed E-state index contributed by atoms with van der Waals surface area (Å²) in [6.45, 7) is 3.37. The topological polar surface area (TPSA) is 42.8 Å². The molecule has 1 N–H and O–H groups in total. The monoisotopic (exact) mass is 506 g/mol. The fourth-order valence-corrected chi connectivity index (χ4v) is 3.73.